The highest BCUT2D eigenvalue weighted by Gasteiger charge is 2.19. The fourth-order valence-electron chi connectivity index (χ4n) is 2.30. The molecule has 0 saturated heterocycles. The lowest BCUT2D eigenvalue weighted by Crippen LogP contribution is -2.14. The van der Waals surface area contributed by atoms with Crippen LogP contribution in [-0.2, 0) is 10.0 Å². The lowest BCUT2D eigenvalue weighted by molar-refractivity contribution is 0.601. The van der Waals surface area contributed by atoms with Crippen molar-refractivity contribution in [3.05, 3.63) is 83.3 Å². The van der Waals surface area contributed by atoms with Crippen LogP contribution in [-0.4, -0.2) is 8.42 Å². The van der Waals surface area contributed by atoms with Crippen LogP contribution in [0.2, 0.25) is 0 Å². The Balaban J connectivity index is 2.06. The molecule has 0 bridgehead atoms. The van der Waals surface area contributed by atoms with Crippen molar-refractivity contribution in [2.45, 2.75) is 4.90 Å². The van der Waals surface area contributed by atoms with Gasteiger partial charge in [-0.3, -0.25) is 4.72 Å². The Morgan fingerprint density at radius 1 is 0.739 bits per heavy atom. The van der Waals surface area contributed by atoms with Gasteiger partial charge in [-0.25, -0.2) is 8.42 Å². The number of benzene rings is 3. The molecule has 3 aromatic carbocycles. The van der Waals surface area contributed by atoms with Crippen molar-refractivity contribution in [2.24, 2.45) is 0 Å². The van der Waals surface area contributed by atoms with Gasteiger partial charge in [0.1, 0.15) is 0 Å². The van der Waals surface area contributed by atoms with E-state index < -0.39 is 10.0 Å². The van der Waals surface area contributed by atoms with Gasteiger partial charge in [-0.1, -0.05) is 60.7 Å². The van der Waals surface area contributed by atoms with Crippen molar-refractivity contribution < 1.29 is 8.42 Å². The molecule has 0 spiro atoms. The highest BCUT2D eigenvalue weighted by Crippen LogP contribution is 2.30. The number of sulfonamides is 1. The Hall–Kier alpha value is -2.11. The van der Waals surface area contributed by atoms with Gasteiger partial charge in [0.05, 0.1) is 10.6 Å². The normalized spacial score (nSPS) is 11.2. The largest absolute Gasteiger partial charge is 0.278 e. The zero-order chi connectivity index (χ0) is 16.3. The molecular formula is C18H14BrNO2S. The Morgan fingerprint density at radius 2 is 1.35 bits per heavy atom. The topological polar surface area (TPSA) is 46.2 Å². The van der Waals surface area contributed by atoms with Crippen LogP contribution >= 0.6 is 15.9 Å². The van der Waals surface area contributed by atoms with Crippen molar-refractivity contribution in [3.63, 3.8) is 0 Å². The first-order chi connectivity index (χ1) is 11.1. The third kappa shape index (κ3) is 3.46. The van der Waals surface area contributed by atoms with E-state index in [-0.39, 0.29) is 4.90 Å². The maximum absolute atomic E-state index is 12.8. The summed E-state index contributed by atoms with van der Waals surface area (Å²) in [7, 11) is -3.69. The molecule has 0 amide bonds. The monoisotopic (exact) mass is 387 g/mol. The van der Waals surface area contributed by atoms with Gasteiger partial charge in [0.25, 0.3) is 10.0 Å². The standard InChI is InChI=1S/C18H14BrNO2S/c19-16-11-5-6-12-17(16)20-23(21,22)18-13-7-4-10-15(18)14-8-2-1-3-9-14/h1-13,20H. The molecule has 0 heterocycles. The van der Waals surface area contributed by atoms with E-state index >= 15 is 0 Å². The fraction of sp³-hybridized carbons (Fsp3) is 0. The van der Waals surface area contributed by atoms with Gasteiger partial charge in [0.2, 0.25) is 0 Å². The average Bonchev–Trinajstić information content (AvgIpc) is 2.58. The average molecular weight is 388 g/mol. The molecule has 3 nitrogen and oxygen atoms in total. The summed E-state index contributed by atoms with van der Waals surface area (Å²) in [4.78, 5) is 0.252. The predicted molar refractivity (Wildman–Crippen MR) is 96.8 cm³/mol. The van der Waals surface area contributed by atoms with E-state index in [1.807, 2.05) is 48.5 Å². The van der Waals surface area contributed by atoms with E-state index in [1.54, 1.807) is 30.3 Å². The highest BCUT2D eigenvalue weighted by molar-refractivity contribution is 9.10. The number of hydrogen-bond acceptors (Lipinski definition) is 2. The van der Waals surface area contributed by atoms with Crippen molar-refractivity contribution in [1.82, 2.24) is 0 Å². The Morgan fingerprint density at radius 3 is 2.09 bits per heavy atom. The molecular weight excluding hydrogens is 374 g/mol. The van der Waals surface area contributed by atoms with E-state index in [0.717, 1.165) is 5.56 Å². The Kier molecular flexibility index (Phi) is 4.50. The van der Waals surface area contributed by atoms with Gasteiger partial charge >= 0.3 is 0 Å². The van der Waals surface area contributed by atoms with Gasteiger partial charge in [-0.05, 0) is 39.7 Å². The SMILES string of the molecule is O=S(=O)(Nc1ccccc1Br)c1ccccc1-c1ccccc1. The number of hydrogen-bond donors (Lipinski definition) is 1. The van der Waals surface area contributed by atoms with Crippen molar-refractivity contribution in [2.75, 3.05) is 4.72 Å². The lowest BCUT2D eigenvalue weighted by atomic mass is 10.1. The van der Waals surface area contributed by atoms with Crippen LogP contribution in [0.4, 0.5) is 5.69 Å². The summed E-state index contributed by atoms with van der Waals surface area (Å²) in [6, 6.07) is 23.6. The smallest absolute Gasteiger partial charge is 0.262 e. The molecule has 0 atom stereocenters. The maximum atomic E-state index is 12.8. The first kappa shape index (κ1) is 15.8. The quantitative estimate of drug-likeness (QED) is 0.690. The van der Waals surface area contributed by atoms with E-state index in [2.05, 4.69) is 20.7 Å². The molecule has 0 radical (unpaired) electrons. The predicted octanol–water partition coefficient (Wildman–Crippen LogP) is 4.92. The molecule has 0 aliphatic carbocycles. The minimum absolute atomic E-state index is 0.252. The first-order valence-electron chi connectivity index (χ1n) is 7.00. The third-order valence-corrected chi connectivity index (χ3v) is 5.49. The van der Waals surface area contributed by atoms with Crippen molar-refractivity contribution in [3.8, 4) is 11.1 Å². The second-order valence-electron chi connectivity index (χ2n) is 4.95. The summed E-state index contributed by atoms with van der Waals surface area (Å²) in [5.74, 6) is 0. The molecule has 0 aliphatic rings. The Labute approximate surface area is 144 Å². The second-order valence-corrected chi connectivity index (χ2v) is 7.45. The molecule has 0 unspecified atom stereocenters. The maximum Gasteiger partial charge on any atom is 0.262 e. The van der Waals surface area contributed by atoms with Gasteiger partial charge in [-0.2, -0.15) is 0 Å². The second kappa shape index (κ2) is 6.56. The molecule has 23 heavy (non-hydrogen) atoms. The minimum Gasteiger partial charge on any atom is -0.278 e. The van der Waals surface area contributed by atoms with E-state index in [0.29, 0.717) is 15.7 Å². The number of rotatable bonds is 4. The molecule has 5 heteroatoms. The van der Waals surface area contributed by atoms with E-state index in [4.69, 9.17) is 0 Å². The van der Waals surface area contributed by atoms with E-state index in [1.165, 1.54) is 0 Å². The van der Waals surface area contributed by atoms with Gasteiger partial charge in [0.15, 0.2) is 0 Å². The van der Waals surface area contributed by atoms with Crippen LogP contribution in [0.5, 0.6) is 0 Å². The zero-order valence-corrected chi connectivity index (χ0v) is 14.5. The Bertz CT molecular complexity index is 925. The molecule has 116 valence electrons. The summed E-state index contributed by atoms with van der Waals surface area (Å²) in [5, 5.41) is 0. The van der Waals surface area contributed by atoms with E-state index in [9.17, 15) is 8.42 Å². The fourth-order valence-corrected chi connectivity index (χ4v) is 4.13. The summed E-state index contributed by atoms with van der Waals surface area (Å²) < 4.78 is 29.0. The molecule has 0 aliphatic heterocycles. The molecule has 0 saturated carbocycles. The van der Waals surface area contributed by atoms with Gasteiger partial charge in [-0.15, -0.1) is 0 Å². The lowest BCUT2D eigenvalue weighted by Gasteiger charge is -2.13. The third-order valence-electron chi connectivity index (χ3n) is 3.38. The zero-order valence-electron chi connectivity index (χ0n) is 12.1. The van der Waals surface area contributed by atoms with Crippen LogP contribution in [0.1, 0.15) is 0 Å². The summed E-state index contributed by atoms with van der Waals surface area (Å²) in [5.41, 5.74) is 2.05. The highest BCUT2D eigenvalue weighted by atomic mass is 79.9. The van der Waals surface area contributed by atoms with Crippen LogP contribution in [0.15, 0.2) is 88.2 Å². The molecule has 3 rings (SSSR count). The summed E-state index contributed by atoms with van der Waals surface area (Å²) >= 11 is 3.36. The molecule has 0 aromatic heterocycles. The van der Waals surface area contributed by atoms with Crippen molar-refractivity contribution >= 4 is 31.6 Å². The van der Waals surface area contributed by atoms with Crippen LogP contribution < -0.4 is 4.72 Å². The van der Waals surface area contributed by atoms with Gasteiger partial charge in [0, 0.05) is 10.0 Å². The first-order valence-corrected chi connectivity index (χ1v) is 9.27. The molecule has 3 aromatic rings. The van der Waals surface area contributed by atoms with Crippen molar-refractivity contribution in [1.29, 1.82) is 0 Å². The van der Waals surface area contributed by atoms with Gasteiger partial charge < -0.3 is 0 Å². The number of halogens is 1. The number of anilines is 1. The van der Waals surface area contributed by atoms with Crippen LogP contribution in [0.3, 0.4) is 0 Å². The van der Waals surface area contributed by atoms with Crippen LogP contribution in [0.25, 0.3) is 11.1 Å². The summed E-state index contributed by atoms with van der Waals surface area (Å²) in [6.07, 6.45) is 0. The minimum atomic E-state index is -3.69. The number of para-hydroxylation sites is 1. The molecule has 1 N–H and O–H groups in total. The molecule has 0 fully saturated rings. The van der Waals surface area contributed by atoms with Crippen LogP contribution in [0, 0.1) is 0 Å². The summed E-state index contributed by atoms with van der Waals surface area (Å²) in [6.45, 7) is 0. The number of nitrogens with one attached hydrogen (secondary N) is 1.